The van der Waals surface area contributed by atoms with E-state index in [1.165, 1.54) is 6.07 Å². The van der Waals surface area contributed by atoms with Gasteiger partial charge in [0.15, 0.2) is 5.84 Å². The van der Waals surface area contributed by atoms with Crippen molar-refractivity contribution < 1.29 is 33.8 Å². The first-order valence-electron chi connectivity index (χ1n) is 10.8. The Labute approximate surface area is 210 Å². The third kappa shape index (κ3) is 7.94. The summed E-state index contributed by atoms with van der Waals surface area (Å²) in [5.41, 5.74) is 5.10. The summed E-state index contributed by atoms with van der Waals surface area (Å²) < 4.78 is 9.78. The second-order valence-electron chi connectivity index (χ2n) is 7.21. The van der Waals surface area contributed by atoms with Gasteiger partial charge in [-0.2, -0.15) is 0 Å². The smallest absolute Gasteiger partial charge is 0.328 e. The standard InChI is InChI=1S/C21H26ClN7O7/c1-3-35-15(31)6-5-12(20(33)36-4-2)27-19(32)16-11(22)7-10(9-25-16)26-21(34)29-17-13(30)8-14(23)28-18(17)24/h7,9,12,30H,3-6,8H2,1-2H3,(H,27,32)(H3,23,24,28)(H2,26,29,34)/t12-/m0/s1. The van der Waals surface area contributed by atoms with E-state index < -0.39 is 35.8 Å². The first-order valence-corrected chi connectivity index (χ1v) is 11.1. The van der Waals surface area contributed by atoms with Crippen LogP contribution in [0.3, 0.4) is 0 Å². The van der Waals surface area contributed by atoms with Crippen LogP contribution in [0.15, 0.2) is 28.7 Å². The number of carbonyl (C=O) groups is 4. The number of aliphatic hydroxyl groups is 1. The quantitative estimate of drug-likeness (QED) is 0.243. The lowest BCUT2D eigenvalue weighted by molar-refractivity contribution is -0.146. The zero-order chi connectivity index (χ0) is 26.8. The van der Waals surface area contributed by atoms with Crippen molar-refractivity contribution in [2.45, 2.75) is 39.2 Å². The molecule has 1 atom stereocenters. The van der Waals surface area contributed by atoms with Gasteiger partial charge in [-0.1, -0.05) is 11.6 Å². The highest BCUT2D eigenvalue weighted by Gasteiger charge is 2.26. The highest BCUT2D eigenvalue weighted by atomic mass is 35.5. The van der Waals surface area contributed by atoms with Crippen LogP contribution in [0.1, 0.15) is 43.6 Å². The molecule has 0 aliphatic carbocycles. The molecule has 0 saturated carbocycles. The number of carbonyl (C=O) groups excluding carboxylic acids is 4. The van der Waals surface area contributed by atoms with Gasteiger partial charge in [-0.15, -0.1) is 0 Å². The van der Waals surface area contributed by atoms with Gasteiger partial charge in [-0.25, -0.2) is 19.6 Å². The summed E-state index contributed by atoms with van der Waals surface area (Å²) in [4.78, 5) is 56.4. The lowest BCUT2D eigenvalue weighted by Crippen LogP contribution is -2.42. The summed E-state index contributed by atoms with van der Waals surface area (Å²) in [7, 11) is 0. The molecule has 0 spiro atoms. The molecule has 7 N–H and O–H groups in total. The van der Waals surface area contributed by atoms with Crippen molar-refractivity contribution in [1.82, 2.24) is 15.6 Å². The minimum Gasteiger partial charge on any atom is -0.510 e. The summed E-state index contributed by atoms with van der Waals surface area (Å²) in [5, 5.41) is 24.6. The molecule has 1 aliphatic rings. The van der Waals surface area contributed by atoms with Crippen LogP contribution in [0.5, 0.6) is 0 Å². The van der Waals surface area contributed by atoms with E-state index in [4.69, 9.17) is 32.2 Å². The average Bonchev–Trinajstić information content (AvgIpc) is 2.79. The normalized spacial score (nSPS) is 13.9. The Morgan fingerprint density at radius 1 is 1.22 bits per heavy atom. The Bertz CT molecular complexity index is 1120. The van der Waals surface area contributed by atoms with Crippen LogP contribution in [0.2, 0.25) is 5.02 Å². The van der Waals surface area contributed by atoms with Crippen molar-refractivity contribution in [1.29, 1.82) is 5.41 Å². The Morgan fingerprint density at radius 2 is 1.92 bits per heavy atom. The monoisotopic (exact) mass is 523 g/mol. The fourth-order valence-electron chi connectivity index (χ4n) is 2.93. The number of nitrogens with zero attached hydrogens (tertiary/aromatic N) is 2. The number of dihydropyridines is 1. The number of aliphatic imine (C=N–C) groups is 1. The van der Waals surface area contributed by atoms with Gasteiger partial charge in [0.05, 0.1) is 36.5 Å². The maximum absolute atomic E-state index is 12.7. The Hall–Kier alpha value is -4.20. The fourth-order valence-corrected chi connectivity index (χ4v) is 3.18. The number of esters is 2. The number of ether oxygens (including phenoxy) is 2. The van der Waals surface area contributed by atoms with Gasteiger partial charge in [0.1, 0.15) is 29.0 Å². The molecular weight excluding hydrogens is 498 g/mol. The molecule has 0 radical (unpaired) electrons. The summed E-state index contributed by atoms with van der Waals surface area (Å²) in [6.07, 6.45) is 0.822. The predicted molar refractivity (Wildman–Crippen MR) is 129 cm³/mol. The summed E-state index contributed by atoms with van der Waals surface area (Å²) >= 11 is 6.15. The number of aliphatic hydroxyl groups excluding tert-OH is 1. The van der Waals surface area contributed by atoms with Gasteiger partial charge in [-0.3, -0.25) is 15.0 Å². The molecule has 2 heterocycles. The number of halogens is 1. The molecule has 3 amide bonds. The lowest BCUT2D eigenvalue weighted by atomic mass is 10.1. The van der Waals surface area contributed by atoms with Crippen molar-refractivity contribution in [3.63, 3.8) is 0 Å². The third-order valence-electron chi connectivity index (χ3n) is 4.50. The maximum Gasteiger partial charge on any atom is 0.328 e. The van der Waals surface area contributed by atoms with Crippen LogP contribution in [-0.4, -0.2) is 64.9 Å². The summed E-state index contributed by atoms with van der Waals surface area (Å²) in [6, 6.07) is -0.752. The van der Waals surface area contributed by atoms with E-state index >= 15 is 0 Å². The van der Waals surface area contributed by atoms with E-state index in [0.717, 1.165) is 6.20 Å². The number of rotatable bonds is 10. The first kappa shape index (κ1) is 28.0. The summed E-state index contributed by atoms with van der Waals surface area (Å²) in [5.74, 6) is -2.80. The highest BCUT2D eigenvalue weighted by Crippen LogP contribution is 2.19. The van der Waals surface area contributed by atoms with Gasteiger partial charge in [0.2, 0.25) is 0 Å². The van der Waals surface area contributed by atoms with Crippen LogP contribution in [0.25, 0.3) is 0 Å². The van der Waals surface area contributed by atoms with Crippen molar-refractivity contribution >= 4 is 52.8 Å². The van der Waals surface area contributed by atoms with Crippen molar-refractivity contribution in [2.75, 3.05) is 18.5 Å². The molecule has 14 nitrogen and oxygen atoms in total. The SMILES string of the molecule is CCOC(=O)CC[C@H](NC(=O)c1ncc(NC(=O)NC2=C(O)CC(N)=NC2=N)cc1Cl)C(=O)OCC. The largest absolute Gasteiger partial charge is 0.510 e. The van der Waals surface area contributed by atoms with E-state index in [9.17, 15) is 24.3 Å². The van der Waals surface area contributed by atoms with Crippen LogP contribution in [-0.2, 0) is 19.1 Å². The van der Waals surface area contributed by atoms with Crippen LogP contribution >= 0.6 is 11.6 Å². The number of amidine groups is 2. The zero-order valence-corrected chi connectivity index (χ0v) is 20.3. The molecule has 0 saturated heterocycles. The van der Waals surface area contributed by atoms with Crippen LogP contribution in [0.4, 0.5) is 10.5 Å². The second-order valence-corrected chi connectivity index (χ2v) is 7.61. The molecule has 2 rings (SSSR count). The highest BCUT2D eigenvalue weighted by molar-refractivity contribution is 6.33. The number of amides is 3. The van der Waals surface area contributed by atoms with Crippen LogP contribution < -0.4 is 21.7 Å². The van der Waals surface area contributed by atoms with Crippen molar-refractivity contribution in [2.24, 2.45) is 10.7 Å². The van der Waals surface area contributed by atoms with E-state index in [1.54, 1.807) is 13.8 Å². The molecule has 0 aromatic carbocycles. The number of aromatic nitrogens is 1. The van der Waals surface area contributed by atoms with E-state index in [-0.39, 0.29) is 66.2 Å². The van der Waals surface area contributed by atoms with Crippen molar-refractivity contribution in [3.8, 4) is 0 Å². The Morgan fingerprint density at radius 3 is 2.53 bits per heavy atom. The van der Waals surface area contributed by atoms with Gasteiger partial charge in [0, 0.05) is 6.42 Å². The maximum atomic E-state index is 12.7. The molecule has 0 unspecified atom stereocenters. The molecule has 194 valence electrons. The molecule has 1 aliphatic heterocycles. The molecule has 15 heteroatoms. The number of hydrogen-bond acceptors (Lipinski definition) is 10. The minimum absolute atomic E-state index is 0.0272. The number of anilines is 1. The lowest BCUT2D eigenvalue weighted by Gasteiger charge is -2.17. The van der Waals surface area contributed by atoms with E-state index in [2.05, 4.69) is 25.9 Å². The number of hydrogen-bond donors (Lipinski definition) is 6. The van der Waals surface area contributed by atoms with Crippen molar-refractivity contribution in [3.05, 3.63) is 34.4 Å². The second kappa shape index (κ2) is 13.0. The molecule has 1 aromatic rings. The molecule has 0 bridgehead atoms. The zero-order valence-electron chi connectivity index (χ0n) is 19.5. The number of pyridine rings is 1. The average molecular weight is 524 g/mol. The number of urea groups is 1. The van der Waals surface area contributed by atoms with Gasteiger partial charge >= 0.3 is 18.0 Å². The van der Waals surface area contributed by atoms with Gasteiger partial charge in [0.25, 0.3) is 5.91 Å². The topological polar surface area (TPSA) is 218 Å². The van der Waals surface area contributed by atoms with Crippen LogP contribution in [0, 0.1) is 5.41 Å². The van der Waals surface area contributed by atoms with Gasteiger partial charge in [-0.05, 0) is 26.3 Å². The molecule has 0 fully saturated rings. The summed E-state index contributed by atoms with van der Waals surface area (Å²) in [6.45, 7) is 3.49. The predicted octanol–water partition coefficient (Wildman–Crippen LogP) is 1.37. The first-order chi connectivity index (χ1) is 17.0. The van der Waals surface area contributed by atoms with E-state index in [0.29, 0.717) is 0 Å². The molecule has 1 aromatic heterocycles. The van der Waals surface area contributed by atoms with Gasteiger partial charge < -0.3 is 36.3 Å². The Balaban J connectivity index is 2.06. The minimum atomic E-state index is -1.15. The van der Waals surface area contributed by atoms with E-state index in [1.807, 2.05) is 0 Å². The molecule has 36 heavy (non-hydrogen) atoms. The number of nitrogens with one attached hydrogen (secondary N) is 4. The third-order valence-corrected chi connectivity index (χ3v) is 4.79. The fraction of sp³-hybridized carbons (Fsp3) is 0.381. The Kier molecular flexibility index (Phi) is 10.2. The molecular formula is C21H26ClN7O7. The number of nitrogens with two attached hydrogens (primary N) is 1.